The van der Waals surface area contributed by atoms with E-state index in [-0.39, 0.29) is 0 Å². The third-order valence-electron chi connectivity index (χ3n) is 3.05. The Morgan fingerprint density at radius 2 is 2.53 bits per heavy atom. The van der Waals surface area contributed by atoms with Crippen LogP contribution in [-0.4, -0.2) is 19.5 Å². The average Bonchev–Trinajstić information content (AvgIpc) is 2.71. The monoisotopic (exact) mass is 224 g/mol. The molecule has 1 N–H and O–H groups in total. The Kier molecular flexibility index (Phi) is 3.17. The highest BCUT2D eigenvalue weighted by Gasteiger charge is 2.29. The van der Waals surface area contributed by atoms with Crippen molar-refractivity contribution in [3.8, 4) is 0 Å². The Morgan fingerprint density at radius 3 is 3.07 bits per heavy atom. The first-order valence-electron chi connectivity index (χ1n) is 5.40. The average molecular weight is 224 g/mol. The number of hydrogen-bond donors (Lipinski definition) is 1. The summed E-state index contributed by atoms with van der Waals surface area (Å²) >= 11 is 1.20. The van der Waals surface area contributed by atoms with Gasteiger partial charge < -0.3 is 5.11 Å². The van der Waals surface area contributed by atoms with Crippen LogP contribution in [0.4, 0.5) is 0 Å². The summed E-state index contributed by atoms with van der Waals surface area (Å²) in [5.41, 5.74) is 0.198. The van der Waals surface area contributed by atoms with Gasteiger partial charge in [0, 0.05) is 6.42 Å². The van der Waals surface area contributed by atoms with Gasteiger partial charge in [0.1, 0.15) is 0 Å². The largest absolute Gasteiger partial charge is 0.385 e. The van der Waals surface area contributed by atoms with Crippen LogP contribution in [0.3, 0.4) is 0 Å². The maximum Gasteiger partial charge on any atom is 0.0884 e. The molecule has 1 heterocycles. The van der Waals surface area contributed by atoms with Crippen LogP contribution in [0, 0.1) is 5.92 Å². The van der Waals surface area contributed by atoms with E-state index in [1.165, 1.54) is 11.7 Å². The van der Waals surface area contributed by atoms with E-state index in [0.29, 0.717) is 12.3 Å². The molecule has 3 nitrogen and oxygen atoms in total. The lowest BCUT2D eigenvalue weighted by atomic mass is 9.82. The van der Waals surface area contributed by atoms with Crippen molar-refractivity contribution in [2.24, 2.45) is 5.92 Å². The Bertz CT molecular complexity index is 336. The van der Waals surface area contributed by atoms with E-state index in [1.54, 1.807) is 6.20 Å². The summed E-state index contributed by atoms with van der Waals surface area (Å²) in [6.07, 6.45) is 9.48. The highest BCUT2D eigenvalue weighted by atomic mass is 32.1. The third-order valence-corrected chi connectivity index (χ3v) is 3.56. The summed E-state index contributed by atoms with van der Waals surface area (Å²) < 4.78 is 8.08. The molecule has 0 aliphatic heterocycles. The van der Waals surface area contributed by atoms with Gasteiger partial charge in [-0.25, -0.2) is 0 Å². The molecule has 0 spiro atoms. The molecule has 1 aromatic heterocycles. The summed E-state index contributed by atoms with van der Waals surface area (Å²) in [4.78, 5) is 0. The standard InChI is InChI=1S/C11H16N2OS/c1-2-9-3-5-11(14,6-4-9)7-10-8-12-15-13-10/h3,5,8-9,14H,2,4,6-7H2,1H3. The Hall–Kier alpha value is -0.740. The van der Waals surface area contributed by atoms with Gasteiger partial charge in [-0.05, 0) is 25.2 Å². The molecule has 0 fully saturated rings. The second-order valence-electron chi connectivity index (χ2n) is 4.25. The Balaban J connectivity index is 2.03. The topological polar surface area (TPSA) is 46.0 Å². The normalized spacial score (nSPS) is 30.7. The highest BCUT2D eigenvalue weighted by molar-refractivity contribution is 6.99. The fourth-order valence-electron chi connectivity index (χ4n) is 1.99. The van der Waals surface area contributed by atoms with Crippen LogP contribution in [0.25, 0.3) is 0 Å². The molecule has 0 aromatic carbocycles. The van der Waals surface area contributed by atoms with E-state index in [0.717, 1.165) is 25.0 Å². The summed E-state index contributed by atoms with van der Waals surface area (Å²) in [5.74, 6) is 0.638. The molecule has 4 heteroatoms. The Labute approximate surface area is 94.2 Å². The van der Waals surface area contributed by atoms with Crippen LogP contribution < -0.4 is 0 Å². The van der Waals surface area contributed by atoms with Gasteiger partial charge in [-0.2, -0.15) is 8.75 Å². The molecule has 1 aliphatic rings. The van der Waals surface area contributed by atoms with Gasteiger partial charge in [-0.1, -0.05) is 19.1 Å². The third kappa shape index (κ3) is 2.63. The molecule has 82 valence electrons. The first-order chi connectivity index (χ1) is 7.22. The van der Waals surface area contributed by atoms with E-state index < -0.39 is 5.60 Å². The molecular formula is C11H16N2OS. The first kappa shape index (κ1) is 10.8. The summed E-state index contributed by atoms with van der Waals surface area (Å²) in [6, 6.07) is 0. The van der Waals surface area contributed by atoms with E-state index in [2.05, 4.69) is 21.7 Å². The van der Waals surface area contributed by atoms with Crippen molar-refractivity contribution in [1.29, 1.82) is 0 Å². The van der Waals surface area contributed by atoms with Gasteiger partial charge in [0.05, 0.1) is 29.2 Å². The van der Waals surface area contributed by atoms with Crippen LogP contribution in [0.1, 0.15) is 31.9 Å². The minimum Gasteiger partial charge on any atom is -0.385 e. The molecule has 0 amide bonds. The van der Waals surface area contributed by atoms with Gasteiger partial charge in [-0.3, -0.25) is 0 Å². The number of allylic oxidation sites excluding steroid dienone is 1. The predicted octanol–water partition coefficient (Wildman–Crippen LogP) is 2.19. The number of aliphatic hydroxyl groups is 1. The molecular weight excluding hydrogens is 208 g/mol. The highest BCUT2D eigenvalue weighted by Crippen LogP contribution is 2.29. The molecule has 0 saturated carbocycles. The number of nitrogens with zero attached hydrogens (tertiary/aromatic N) is 2. The lowest BCUT2D eigenvalue weighted by Gasteiger charge is -2.29. The quantitative estimate of drug-likeness (QED) is 0.800. The van der Waals surface area contributed by atoms with Gasteiger partial charge >= 0.3 is 0 Å². The second-order valence-corrected chi connectivity index (χ2v) is 4.80. The minimum absolute atomic E-state index is 0.594. The van der Waals surface area contributed by atoms with Gasteiger partial charge in [0.2, 0.25) is 0 Å². The van der Waals surface area contributed by atoms with E-state index in [1.807, 2.05) is 6.08 Å². The van der Waals surface area contributed by atoms with Crippen LogP contribution >= 0.6 is 11.7 Å². The van der Waals surface area contributed by atoms with E-state index in [4.69, 9.17) is 0 Å². The van der Waals surface area contributed by atoms with Crippen molar-refractivity contribution in [2.75, 3.05) is 0 Å². The maximum absolute atomic E-state index is 10.3. The van der Waals surface area contributed by atoms with Gasteiger partial charge in [0.25, 0.3) is 0 Å². The van der Waals surface area contributed by atoms with E-state index in [9.17, 15) is 5.11 Å². The summed E-state index contributed by atoms with van der Waals surface area (Å²) in [5, 5.41) is 10.3. The fraction of sp³-hybridized carbons (Fsp3) is 0.636. The number of hydrogen-bond acceptors (Lipinski definition) is 4. The van der Waals surface area contributed by atoms with Gasteiger partial charge in [0.15, 0.2) is 0 Å². The lowest BCUT2D eigenvalue weighted by molar-refractivity contribution is 0.0679. The number of rotatable bonds is 3. The molecule has 2 unspecified atom stereocenters. The van der Waals surface area contributed by atoms with Crippen molar-refractivity contribution in [3.05, 3.63) is 24.0 Å². The molecule has 1 aliphatic carbocycles. The van der Waals surface area contributed by atoms with Crippen molar-refractivity contribution in [1.82, 2.24) is 8.75 Å². The molecule has 2 atom stereocenters. The summed E-state index contributed by atoms with van der Waals surface area (Å²) in [7, 11) is 0. The smallest absolute Gasteiger partial charge is 0.0884 e. The van der Waals surface area contributed by atoms with Crippen LogP contribution in [0.2, 0.25) is 0 Å². The Morgan fingerprint density at radius 1 is 1.67 bits per heavy atom. The zero-order valence-corrected chi connectivity index (χ0v) is 9.70. The van der Waals surface area contributed by atoms with Crippen molar-refractivity contribution < 1.29 is 5.11 Å². The lowest BCUT2D eigenvalue weighted by Crippen LogP contribution is -2.32. The zero-order chi connectivity index (χ0) is 10.7. The molecule has 1 aromatic rings. The van der Waals surface area contributed by atoms with Crippen molar-refractivity contribution in [2.45, 2.75) is 38.2 Å². The van der Waals surface area contributed by atoms with E-state index >= 15 is 0 Å². The fourth-order valence-corrected chi connectivity index (χ4v) is 2.43. The number of aromatic nitrogens is 2. The molecule has 0 bridgehead atoms. The van der Waals surface area contributed by atoms with Crippen molar-refractivity contribution in [3.63, 3.8) is 0 Å². The second kappa shape index (κ2) is 4.41. The molecule has 0 saturated heterocycles. The molecule has 2 rings (SSSR count). The molecule has 15 heavy (non-hydrogen) atoms. The van der Waals surface area contributed by atoms with Gasteiger partial charge in [-0.15, -0.1) is 0 Å². The maximum atomic E-state index is 10.3. The van der Waals surface area contributed by atoms with Crippen LogP contribution in [0.5, 0.6) is 0 Å². The SMILES string of the molecule is CCC1C=CC(O)(Cc2cnsn2)CC1. The molecule has 0 radical (unpaired) electrons. The predicted molar refractivity (Wildman–Crippen MR) is 60.7 cm³/mol. The zero-order valence-electron chi connectivity index (χ0n) is 8.89. The van der Waals surface area contributed by atoms with Crippen LogP contribution in [0.15, 0.2) is 18.3 Å². The van der Waals surface area contributed by atoms with Crippen molar-refractivity contribution >= 4 is 11.7 Å². The summed E-state index contributed by atoms with van der Waals surface area (Å²) in [6.45, 7) is 2.18. The first-order valence-corrected chi connectivity index (χ1v) is 6.13. The van der Waals surface area contributed by atoms with Crippen LogP contribution in [-0.2, 0) is 6.42 Å². The minimum atomic E-state index is -0.693.